The van der Waals surface area contributed by atoms with Gasteiger partial charge in [-0.1, -0.05) is 34.3 Å². The van der Waals surface area contributed by atoms with Crippen LogP contribution in [0.2, 0.25) is 0 Å². The first-order valence-electron chi connectivity index (χ1n) is 9.48. The summed E-state index contributed by atoms with van der Waals surface area (Å²) in [7, 11) is 0. The quantitative estimate of drug-likeness (QED) is 0.446. The molecule has 0 aromatic carbocycles. The molecule has 4 rings (SSSR count). The highest BCUT2D eigenvalue weighted by molar-refractivity contribution is 5.75. The maximum Gasteiger partial charge on any atom is 0.309 e. The predicted molar refractivity (Wildman–Crippen MR) is 90.5 cm³/mol. The van der Waals surface area contributed by atoms with Crippen LogP contribution in [-0.4, -0.2) is 36.4 Å². The van der Waals surface area contributed by atoms with Crippen LogP contribution in [0.15, 0.2) is 12.2 Å². The monoisotopic (exact) mass is 348 g/mol. The van der Waals surface area contributed by atoms with Crippen molar-refractivity contribution < 1.29 is 23.8 Å². The minimum absolute atomic E-state index is 0.000694. The molecule has 25 heavy (non-hydrogen) atoms. The SMILES string of the molecule is C=C1C(OC(=O)CC(C)C)C2OC2C2(C)CCC3C(C)C(=O)OC3C12. The van der Waals surface area contributed by atoms with Crippen LogP contribution >= 0.6 is 0 Å². The van der Waals surface area contributed by atoms with E-state index in [0.717, 1.165) is 18.4 Å². The van der Waals surface area contributed by atoms with Crippen molar-refractivity contribution in [3.63, 3.8) is 0 Å². The van der Waals surface area contributed by atoms with E-state index in [2.05, 4.69) is 13.5 Å². The molecule has 2 saturated heterocycles. The van der Waals surface area contributed by atoms with Gasteiger partial charge in [-0.15, -0.1) is 0 Å². The molecule has 2 saturated carbocycles. The van der Waals surface area contributed by atoms with Gasteiger partial charge in [0.05, 0.1) is 12.0 Å². The minimum Gasteiger partial charge on any atom is -0.461 e. The predicted octanol–water partition coefficient (Wildman–Crippen LogP) is 2.88. The third-order valence-corrected chi connectivity index (χ3v) is 6.82. The number of esters is 2. The summed E-state index contributed by atoms with van der Waals surface area (Å²) in [6.45, 7) is 12.5. The number of fused-ring (bicyclic) bond motifs is 5. The summed E-state index contributed by atoms with van der Waals surface area (Å²) < 4.78 is 17.5. The van der Waals surface area contributed by atoms with Crippen LogP contribution in [-0.2, 0) is 23.8 Å². The Balaban J connectivity index is 1.59. The summed E-state index contributed by atoms with van der Waals surface area (Å²) in [5.74, 6) is 0.0937. The molecule has 8 unspecified atom stereocenters. The van der Waals surface area contributed by atoms with Gasteiger partial charge < -0.3 is 14.2 Å². The largest absolute Gasteiger partial charge is 0.461 e. The Hall–Kier alpha value is -1.36. The first-order valence-corrected chi connectivity index (χ1v) is 9.48. The molecule has 2 aliphatic carbocycles. The van der Waals surface area contributed by atoms with Gasteiger partial charge in [0.2, 0.25) is 0 Å². The zero-order valence-corrected chi connectivity index (χ0v) is 15.5. The fourth-order valence-electron chi connectivity index (χ4n) is 5.42. The highest BCUT2D eigenvalue weighted by atomic mass is 16.6. The molecule has 4 aliphatic rings. The van der Waals surface area contributed by atoms with Gasteiger partial charge in [-0.2, -0.15) is 0 Å². The first-order chi connectivity index (χ1) is 11.7. The molecule has 2 aliphatic heterocycles. The molecule has 4 fully saturated rings. The Bertz CT molecular complexity index is 626. The lowest BCUT2D eigenvalue weighted by molar-refractivity contribution is -0.154. The van der Waals surface area contributed by atoms with Gasteiger partial charge in [0.25, 0.3) is 0 Å². The number of ether oxygens (including phenoxy) is 3. The lowest BCUT2D eigenvalue weighted by atomic mass is 9.54. The topological polar surface area (TPSA) is 65.1 Å². The van der Waals surface area contributed by atoms with Crippen LogP contribution in [0.5, 0.6) is 0 Å². The first kappa shape index (κ1) is 17.1. The van der Waals surface area contributed by atoms with Gasteiger partial charge in [-0.05, 0) is 24.3 Å². The van der Waals surface area contributed by atoms with Crippen molar-refractivity contribution in [1.82, 2.24) is 0 Å². The zero-order chi connectivity index (χ0) is 18.1. The van der Waals surface area contributed by atoms with Gasteiger partial charge in [-0.25, -0.2) is 0 Å². The van der Waals surface area contributed by atoms with Crippen LogP contribution in [0.25, 0.3) is 0 Å². The highest BCUT2D eigenvalue weighted by Crippen LogP contribution is 2.63. The Morgan fingerprint density at radius 2 is 2.12 bits per heavy atom. The molecule has 0 bridgehead atoms. The summed E-state index contributed by atoms with van der Waals surface area (Å²) in [4.78, 5) is 24.3. The smallest absolute Gasteiger partial charge is 0.309 e. The van der Waals surface area contributed by atoms with Crippen LogP contribution in [0.4, 0.5) is 0 Å². The van der Waals surface area contributed by atoms with E-state index in [1.807, 2.05) is 20.8 Å². The summed E-state index contributed by atoms with van der Waals surface area (Å²) in [6, 6.07) is 0. The second-order valence-electron chi connectivity index (χ2n) is 8.98. The van der Waals surface area contributed by atoms with E-state index in [-0.39, 0.29) is 59.3 Å². The molecular weight excluding hydrogens is 320 g/mol. The van der Waals surface area contributed by atoms with Crippen molar-refractivity contribution in [3.05, 3.63) is 12.2 Å². The third kappa shape index (κ3) is 2.46. The Labute approximate surface area is 149 Å². The van der Waals surface area contributed by atoms with E-state index in [0.29, 0.717) is 6.42 Å². The van der Waals surface area contributed by atoms with Gasteiger partial charge in [0.15, 0.2) is 6.10 Å². The Kier molecular flexibility index (Phi) is 3.80. The van der Waals surface area contributed by atoms with Crippen molar-refractivity contribution in [2.75, 3.05) is 0 Å². The van der Waals surface area contributed by atoms with E-state index in [4.69, 9.17) is 14.2 Å². The summed E-state index contributed by atoms with van der Waals surface area (Å²) in [6.07, 6.45) is 1.76. The fourth-order valence-corrected chi connectivity index (χ4v) is 5.42. The standard InChI is InChI=1S/C20H28O5/c1-9(2)8-13(21)23-15-11(4)14-16-12(10(3)19(22)25-16)6-7-20(14,5)18-17(15)24-18/h9-10,12,14-18H,4,6-8H2,1-3,5H3. The molecule has 8 atom stereocenters. The molecular formula is C20H28O5. The van der Waals surface area contributed by atoms with Crippen LogP contribution in [0.1, 0.15) is 47.0 Å². The Morgan fingerprint density at radius 1 is 1.40 bits per heavy atom. The molecule has 2 heterocycles. The second kappa shape index (κ2) is 5.57. The van der Waals surface area contributed by atoms with Gasteiger partial charge in [-0.3, -0.25) is 9.59 Å². The number of hydrogen-bond donors (Lipinski definition) is 0. The molecule has 5 heteroatoms. The van der Waals surface area contributed by atoms with Crippen LogP contribution < -0.4 is 0 Å². The molecule has 0 spiro atoms. The van der Waals surface area contributed by atoms with Crippen molar-refractivity contribution >= 4 is 11.9 Å². The van der Waals surface area contributed by atoms with Crippen molar-refractivity contribution in [1.29, 1.82) is 0 Å². The number of carbonyl (C=O) groups excluding carboxylic acids is 2. The van der Waals surface area contributed by atoms with E-state index in [1.54, 1.807) is 0 Å². The minimum atomic E-state index is -0.414. The summed E-state index contributed by atoms with van der Waals surface area (Å²) in [5, 5.41) is 0. The van der Waals surface area contributed by atoms with Crippen molar-refractivity contribution in [3.8, 4) is 0 Å². The zero-order valence-electron chi connectivity index (χ0n) is 15.5. The van der Waals surface area contributed by atoms with E-state index in [1.165, 1.54) is 0 Å². The second-order valence-corrected chi connectivity index (χ2v) is 8.98. The van der Waals surface area contributed by atoms with Crippen molar-refractivity contribution in [2.24, 2.45) is 29.1 Å². The maximum absolute atomic E-state index is 12.2. The summed E-state index contributed by atoms with van der Waals surface area (Å²) >= 11 is 0. The van der Waals surface area contributed by atoms with Crippen LogP contribution in [0.3, 0.4) is 0 Å². The van der Waals surface area contributed by atoms with Gasteiger partial charge in [0.1, 0.15) is 12.2 Å². The average Bonchev–Trinajstić information content (AvgIpc) is 3.26. The van der Waals surface area contributed by atoms with Crippen molar-refractivity contribution in [2.45, 2.75) is 71.4 Å². The normalized spacial score (nSPS) is 47.6. The van der Waals surface area contributed by atoms with E-state index >= 15 is 0 Å². The molecule has 5 nitrogen and oxygen atoms in total. The molecule has 0 N–H and O–H groups in total. The van der Waals surface area contributed by atoms with E-state index < -0.39 is 6.10 Å². The molecule has 138 valence electrons. The van der Waals surface area contributed by atoms with E-state index in [9.17, 15) is 9.59 Å². The Morgan fingerprint density at radius 3 is 2.80 bits per heavy atom. The number of epoxide rings is 1. The van der Waals surface area contributed by atoms with Gasteiger partial charge in [0, 0.05) is 23.7 Å². The molecule has 0 radical (unpaired) electrons. The lowest BCUT2D eigenvalue weighted by Crippen LogP contribution is -2.54. The molecule has 0 aromatic rings. The lowest BCUT2D eigenvalue weighted by Gasteiger charge is -2.50. The average molecular weight is 348 g/mol. The highest BCUT2D eigenvalue weighted by Gasteiger charge is 2.70. The fraction of sp³-hybridized carbons (Fsp3) is 0.800. The number of rotatable bonds is 3. The summed E-state index contributed by atoms with van der Waals surface area (Å²) in [5.41, 5.74) is 0.781. The number of hydrogen-bond acceptors (Lipinski definition) is 5. The van der Waals surface area contributed by atoms with Crippen LogP contribution in [0, 0.1) is 29.1 Å². The van der Waals surface area contributed by atoms with Gasteiger partial charge >= 0.3 is 11.9 Å². The maximum atomic E-state index is 12.2. The molecule has 0 aromatic heterocycles. The third-order valence-electron chi connectivity index (χ3n) is 6.82. The molecule has 0 amide bonds. The number of carbonyl (C=O) groups is 2.